The van der Waals surface area contributed by atoms with Crippen molar-refractivity contribution in [2.24, 2.45) is 0 Å². The fourth-order valence-corrected chi connectivity index (χ4v) is 3.72. The number of pyridine rings is 2. The molecule has 1 aliphatic heterocycles. The van der Waals surface area contributed by atoms with Gasteiger partial charge < -0.3 is 19.8 Å². The van der Waals surface area contributed by atoms with E-state index in [9.17, 15) is 9.90 Å². The zero-order valence-electron chi connectivity index (χ0n) is 19.3. The summed E-state index contributed by atoms with van der Waals surface area (Å²) >= 11 is 0. The number of aromatic nitrogens is 2. The predicted molar refractivity (Wildman–Crippen MR) is 132 cm³/mol. The number of anilines is 3. The third-order valence-electron chi connectivity index (χ3n) is 5.54. The number of aryl methyl sites for hydroxylation is 1. The van der Waals surface area contributed by atoms with Crippen LogP contribution >= 0.6 is 0 Å². The van der Waals surface area contributed by atoms with E-state index in [0.717, 1.165) is 35.3 Å². The fourth-order valence-electron chi connectivity index (χ4n) is 3.72. The quantitative estimate of drug-likeness (QED) is 0.494. The Morgan fingerprint density at radius 2 is 2.00 bits per heavy atom. The van der Waals surface area contributed by atoms with Crippen molar-refractivity contribution >= 4 is 23.4 Å². The van der Waals surface area contributed by atoms with Gasteiger partial charge in [0.05, 0.1) is 12.3 Å². The maximum absolute atomic E-state index is 13.2. The summed E-state index contributed by atoms with van der Waals surface area (Å²) in [4.78, 5) is 26.0. The van der Waals surface area contributed by atoms with E-state index >= 15 is 0 Å². The van der Waals surface area contributed by atoms with Crippen LogP contribution in [0.5, 0.6) is 5.88 Å². The Morgan fingerprint density at radius 1 is 1.18 bits per heavy atom. The Kier molecular flexibility index (Phi) is 7.24. The van der Waals surface area contributed by atoms with Gasteiger partial charge >= 0.3 is 6.03 Å². The molecule has 178 valence electrons. The number of hydrogen-bond acceptors (Lipinski definition) is 7. The Balaban J connectivity index is 1.54. The van der Waals surface area contributed by atoms with Gasteiger partial charge in [0, 0.05) is 38.0 Å². The van der Waals surface area contributed by atoms with Gasteiger partial charge in [-0.1, -0.05) is 24.3 Å². The van der Waals surface area contributed by atoms with Gasteiger partial charge in [0.25, 0.3) is 0 Å². The van der Waals surface area contributed by atoms with Crippen LogP contribution in [-0.4, -0.2) is 66.2 Å². The minimum Gasteiger partial charge on any atom is -0.475 e. The van der Waals surface area contributed by atoms with E-state index in [2.05, 4.69) is 16.4 Å². The van der Waals surface area contributed by atoms with Crippen molar-refractivity contribution in [3.63, 3.8) is 0 Å². The van der Waals surface area contributed by atoms with Crippen molar-refractivity contribution in [2.45, 2.75) is 18.9 Å². The summed E-state index contributed by atoms with van der Waals surface area (Å²) in [5.41, 5.74) is 3.89. The number of hydrogen-bond donors (Lipinski definition) is 3. The predicted octanol–water partition coefficient (Wildman–Crippen LogP) is 2.93. The van der Waals surface area contributed by atoms with Gasteiger partial charge in [0.15, 0.2) is 0 Å². The first kappa shape index (κ1) is 23.5. The van der Waals surface area contributed by atoms with Gasteiger partial charge in [-0.3, -0.25) is 10.2 Å². The molecule has 4 rings (SSSR count). The lowest BCUT2D eigenvalue weighted by Crippen LogP contribution is -2.39. The van der Waals surface area contributed by atoms with E-state index < -0.39 is 12.7 Å². The molecule has 0 unspecified atom stereocenters. The van der Waals surface area contributed by atoms with Crippen LogP contribution < -0.4 is 19.9 Å². The molecule has 0 fully saturated rings. The molecule has 3 heterocycles. The monoisotopic (exact) mass is 463 g/mol. The Morgan fingerprint density at radius 3 is 2.79 bits per heavy atom. The molecule has 1 aromatic carbocycles. The average Bonchev–Trinajstić information content (AvgIpc) is 2.86. The highest BCUT2D eigenvalue weighted by atomic mass is 16.5. The molecule has 0 bridgehead atoms. The van der Waals surface area contributed by atoms with Crippen molar-refractivity contribution in [2.75, 3.05) is 49.0 Å². The lowest BCUT2D eigenvalue weighted by molar-refractivity contribution is 0.0521. The molecular weight excluding hydrogens is 434 g/mol. The second-order valence-corrected chi connectivity index (χ2v) is 8.32. The molecule has 9 nitrogen and oxygen atoms in total. The van der Waals surface area contributed by atoms with Gasteiger partial charge in [-0.15, -0.1) is 0 Å². The molecule has 0 spiro atoms. The summed E-state index contributed by atoms with van der Waals surface area (Å²) < 4.78 is 5.37. The minimum absolute atomic E-state index is 0.0951. The van der Waals surface area contributed by atoms with E-state index in [1.54, 1.807) is 23.1 Å². The fraction of sp³-hybridized carbons (Fsp3) is 0.320. The zero-order valence-corrected chi connectivity index (χ0v) is 19.3. The number of nitrogens with zero attached hydrogens (tertiary/aromatic N) is 4. The number of fused-ring (bicyclic) bond motifs is 1. The third-order valence-corrected chi connectivity index (χ3v) is 5.54. The van der Waals surface area contributed by atoms with Crippen LogP contribution in [0.25, 0.3) is 11.3 Å². The number of nitrogens with one attached hydrogen (secondary N) is 1. The Bertz CT molecular complexity index is 1150. The number of rotatable bonds is 7. The van der Waals surface area contributed by atoms with Gasteiger partial charge in [0.1, 0.15) is 24.3 Å². The van der Waals surface area contributed by atoms with Gasteiger partial charge in [0.2, 0.25) is 5.88 Å². The molecule has 34 heavy (non-hydrogen) atoms. The van der Waals surface area contributed by atoms with Crippen molar-refractivity contribution < 1.29 is 19.7 Å². The second kappa shape index (κ2) is 10.5. The molecule has 3 aromatic rings. The summed E-state index contributed by atoms with van der Waals surface area (Å²) in [7, 11) is 3.99. The third kappa shape index (κ3) is 5.44. The molecule has 2 aromatic heterocycles. The van der Waals surface area contributed by atoms with Gasteiger partial charge in [-0.25, -0.2) is 9.78 Å². The van der Waals surface area contributed by atoms with Crippen LogP contribution in [0.1, 0.15) is 12.0 Å². The highest BCUT2D eigenvalue weighted by Gasteiger charge is 2.25. The molecule has 3 N–H and O–H groups in total. The molecule has 0 saturated heterocycles. The zero-order chi connectivity index (χ0) is 24.1. The number of carbonyl (C=O) groups excluding carboxylic acids is 1. The van der Waals surface area contributed by atoms with E-state index in [4.69, 9.17) is 14.8 Å². The molecule has 2 amide bonds. The summed E-state index contributed by atoms with van der Waals surface area (Å²) in [5, 5.41) is 21.2. The molecule has 1 aliphatic rings. The number of urea groups is 1. The van der Waals surface area contributed by atoms with Crippen molar-refractivity contribution in [3.05, 3.63) is 60.2 Å². The SMILES string of the molecule is CN(C)c1cccc(-c2ccc3c(n2)N(C(=O)Nc2cccc(OC[C@H](O)CO)n2)CCC3)c1. The first-order chi connectivity index (χ1) is 16.4. The number of carbonyl (C=O) groups is 1. The Labute approximate surface area is 198 Å². The normalized spacial score (nSPS) is 13.7. The summed E-state index contributed by atoms with van der Waals surface area (Å²) in [6.07, 6.45) is 0.704. The van der Waals surface area contributed by atoms with Crippen LogP contribution in [0.3, 0.4) is 0 Å². The first-order valence-corrected chi connectivity index (χ1v) is 11.2. The largest absolute Gasteiger partial charge is 0.475 e. The maximum atomic E-state index is 13.2. The maximum Gasteiger partial charge on any atom is 0.328 e. The van der Waals surface area contributed by atoms with Crippen molar-refractivity contribution in [3.8, 4) is 17.1 Å². The van der Waals surface area contributed by atoms with E-state index in [-0.39, 0.29) is 18.5 Å². The molecule has 0 radical (unpaired) electrons. The lowest BCUT2D eigenvalue weighted by atomic mass is 10.0. The van der Waals surface area contributed by atoms with Gasteiger partial charge in [-0.2, -0.15) is 4.98 Å². The molecule has 0 aliphatic carbocycles. The Hall–Kier alpha value is -3.69. The topological polar surface area (TPSA) is 111 Å². The molecular formula is C25H29N5O4. The van der Waals surface area contributed by atoms with Gasteiger partial charge in [-0.05, 0) is 42.7 Å². The van der Waals surface area contributed by atoms with E-state index in [1.807, 2.05) is 49.3 Å². The summed E-state index contributed by atoms with van der Waals surface area (Å²) in [6.45, 7) is 0.0489. The smallest absolute Gasteiger partial charge is 0.328 e. The van der Waals surface area contributed by atoms with E-state index in [0.29, 0.717) is 18.2 Å². The average molecular weight is 464 g/mol. The molecule has 9 heteroatoms. The number of ether oxygens (including phenoxy) is 1. The minimum atomic E-state index is -0.997. The summed E-state index contributed by atoms with van der Waals surface area (Å²) in [5.74, 6) is 1.21. The molecule has 1 atom stereocenters. The summed E-state index contributed by atoms with van der Waals surface area (Å²) in [6, 6.07) is 16.8. The highest BCUT2D eigenvalue weighted by Crippen LogP contribution is 2.30. The number of benzene rings is 1. The van der Waals surface area contributed by atoms with Crippen molar-refractivity contribution in [1.82, 2.24) is 9.97 Å². The van der Waals surface area contributed by atoms with Crippen LogP contribution in [0, 0.1) is 0 Å². The van der Waals surface area contributed by atoms with Crippen LogP contribution in [0.4, 0.5) is 22.1 Å². The van der Waals surface area contributed by atoms with E-state index in [1.165, 1.54) is 0 Å². The van der Waals surface area contributed by atoms with Crippen LogP contribution in [0.2, 0.25) is 0 Å². The number of amides is 2. The van der Waals surface area contributed by atoms with Crippen LogP contribution in [0.15, 0.2) is 54.6 Å². The van der Waals surface area contributed by atoms with Crippen molar-refractivity contribution in [1.29, 1.82) is 0 Å². The number of aliphatic hydroxyl groups is 2. The highest BCUT2D eigenvalue weighted by molar-refractivity contribution is 6.01. The van der Waals surface area contributed by atoms with Crippen LogP contribution in [-0.2, 0) is 6.42 Å². The molecule has 0 saturated carbocycles. The lowest BCUT2D eigenvalue weighted by Gasteiger charge is -2.28. The standard InChI is InChI=1S/C25H29N5O4/c1-29(2)19-8-3-6-18(14-19)21-12-11-17-7-5-13-30(24(17)26-21)25(33)28-22-9-4-10-23(27-22)34-16-20(32)15-31/h3-4,6,8-12,14,20,31-32H,5,7,13,15-16H2,1-2H3,(H,27,28,33)/t20-/m1/s1. The number of aliphatic hydroxyl groups excluding tert-OH is 2. The second-order valence-electron chi connectivity index (χ2n) is 8.32. The first-order valence-electron chi connectivity index (χ1n) is 11.2.